The van der Waals surface area contributed by atoms with Crippen LogP contribution in [0.15, 0.2) is 0 Å². The van der Waals surface area contributed by atoms with E-state index in [0.717, 1.165) is 64.5 Å². The lowest BCUT2D eigenvalue weighted by Gasteiger charge is -2.12. The summed E-state index contributed by atoms with van der Waals surface area (Å²) in [6.45, 7) is 6.89. The molecule has 0 saturated carbocycles. The Kier molecular flexibility index (Phi) is 21.3. The number of carbonyl (C=O) groups is 1. The SMILES string of the molecule is CC(=O)NC(=N)NCCCCNC(=N)NCCCCNC(=N)NCCCCNC(=N)NCCCCN. The first-order valence-corrected chi connectivity index (χ1v) is 12.8. The Morgan fingerprint density at radius 3 is 1.00 bits per heavy atom. The number of unbranched alkanes of at least 4 members (excludes halogenated alkanes) is 4. The summed E-state index contributed by atoms with van der Waals surface area (Å²) < 4.78 is 0. The molecule has 0 aliphatic rings. The molecule has 0 unspecified atom stereocenters. The second-order valence-electron chi connectivity index (χ2n) is 8.29. The minimum Gasteiger partial charge on any atom is -0.357 e. The van der Waals surface area contributed by atoms with Gasteiger partial charge < -0.3 is 43.0 Å². The highest BCUT2D eigenvalue weighted by Gasteiger charge is 2.00. The van der Waals surface area contributed by atoms with Crippen LogP contribution in [-0.2, 0) is 4.79 Å². The molecule has 0 radical (unpaired) electrons. The van der Waals surface area contributed by atoms with Gasteiger partial charge >= 0.3 is 0 Å². The molecule has 36 heavy (non-hydrogen) atoms. The molecular weight excluding hydrogens is 462 g/mol. The van der Waals surface area contributed by atoms with Crippen molar-refractivity contribution in [2.45, 2.75) is 58.3 Å². The highest BCUT2D eigenvalue weighted by molar-refractivity contribution is 5.94. The van der Waals surface area contributed by atoms with Crippen molar-refractivity contribution >= 4 is 29.7 Å². The predicted octanol–water partition coefficient (Wildman–Crippen LogP) is -0.932. The Labute approximate surface area is 215 Å². The van der Waals surface area contributed by atoms with Crippen LogP contribution in [0.3, 0.4) is 0 Å². The second kappa shape index (κ2) is 23.5. The number of nitrogens with two attached hydrogens (primary N) is 1. The molecule has 0 bridgehead atoms. The van der Waals surface area contributed by atoms with Gasteiger partial charge in [-0.15, -0.1) is 0 Å². The van der Waals surface area contributed by atoms with Crippen molar-refractivity contribution in [1.82, 2.24) is 42.5 Å². The highest BCUT2D eigenvalue weighted by atomic mass is 16.1. The van der Waals surface area contributed by atoms with Gasteiger partial charge in [0.2, 0.25) is 5.91 Å². The molecule has 14 nitrogen and oxygen atoms in total. The third-order valence-corrected chi connectivity index (χ3v) is 4.86. The van der Waals surface area contributed by atoms with Gasteiger partial charge in [0.1, 0.15) is 0 Å². The average Bonchev–Trinajstić information content (AvgIpc) is 2.83. The normalized spacial score (nSPS) is 10.1. The molecular formula is C22H49N13O. The predicted molar refractivity (Wildman–Crippen MR) is 147 cm³/mol. The topological polar surface area (TPSA) is 235 Å². The van der Waals surface area contributed by atoms with Crippen LogP contribution >= 0.6 is 0 Å². The zero-order chi connectivity index (χ0) is 26.9. The third kappa shape index (κ3) is 23.9. The molecule has 0 aromatic rings. The first kappa shape index (κ1) is 32.7. The van der Waals surface area contributed by atoms with Crippen LogP contribution in [0.25, 0.3) is 0 Å². The van der Waals surface area contributed by atoms with Gasteiger partial charge in [0.25, 0.3) is 0 Å². The molecule has 0 fully saturated rings. The van der Waals surface area contributed by atoms with E-state index in [1.807, 2.05) is 0 Å². The molecule has 0 aliphatic carbocycles. The summed E-state index contributed by atoms with van der Waals surface area (Å²) in [5.74, 6) is 0.707. The van der Waals surface area contributed by atoms with E-state index in [4.69, 9.17) is 27.4 Å². The van der Waals surface area contributed by atoms with Crippen molar-refractivity contribution < 1.29 is 4.79 Å². The maximum absolute atomic E-state index is 10.8. The van der Waals surface area contributed by atoms with E-state index in [1.165, 1.54) is 6.92 Å². The van der Waals surface area contributed by atoms with E-state index in [9.17, 15) is 4.79 Å². The van der Waals surface area contributed by atoms with Crippen molar-refractivity contribution in [2.75, 3.05) is 52.4 Å². The van der Waals surface area contributed by atoms with E-state index in [0.29, 0.717) is 57.1 Å². The zero-order valence-corrected chi connectivity index (χ0v) is 21.8. The molecule has 0 aromatic carbocycles. The van der Waals surface area contributed by atoms with Gasteiger partial charge in [-0.3, -0.25) is 31.7 Å². The standard InChI is InChI=1S/C22H49N13O/c1-18(36)35-22(27)34-17-9-8-16-33-21(26)32-15-7-6-14-31-20(25)30-13-5-4-12-29-19(24)28-11-3-2-10-23/h2-17,23H2,1H3,(H3,24,28,29)(H3,25,30,31)(H3,26,32,33)(H3,27,34,35,36). The first-order chi connectivity index (χ1) is 17.3. The van der Waals surface area contributed by atoms with Crippen molar-refractivity contribution in [3.05, 3.63) is 0 Å². The second-order valence-corrected chi connectivity index (χ2v) is 8.29. The molecule has 0 spiro atoms. The smallest absolute Gasteiger partial charge is 0.223 e. The van der Waals surface area contributed by atoms with Crippen LogP contribution in [0.1, 0.15) is 58.3 Å². The molecule has 14 N–H and O–H groups in total. The van der Waals surface area contributed by atoms with E-state index in [2.05, 4.69) is 42.5 Å². The van der Waals surface area contributed by atoms with Crippen LogP contribution in [0, 0.1) is 21.6 Å². The summed E-state index contributed by atoms with van der Waals surface area (Å²) >= 11 is 0. The van der Waals surface area contributed by atoms with Gasteiger partial charge in [0.15, 0.2) is 23.8 Å². The number of rotatable bonds is 19. The van der Waals surface area contributed by atoms with Gasteiger partial charge in [-0.2, -0.15) is 0 Å². The maximum atomic E-state index is 10.8. The fourth-order valence-corrected chi connectivity index (χ4v) is 2.92. The van der Waals surface area contributed by atoms with Gasteiger partial charge in [-0.25, -0.2) is 0 Å². The van der Waals surface area contributed by atoms with E-state index in [-0.39, 0.29) is 11.9 Å². The zero-order valence-electron chi connectivity index (χ0n) is 21.8. The van der Waals surface area contributed by atoms with E-state index in [1.54, 1.807) is 0 Å². The van der Waals surface area contributed by atoms with Crippen LogP contribution < -0.4 is 48.3 Å². The molecule has 0 atom stereocenters. The van der Waals surface area contributed by atoms with E-state index < -0.39 is 0 Å². The first-order valence-electron chi connectivity index (χ1n) is 12.8. The minimum atomic E-state index is -0.267. The Morgan fingerprint density at radius 2 is 0.750 bits per heavy atom. The Hall–Kier alpha value is -3.29. The van der Waals surface area contributed by atoms with Gasteiger partial charge in [-0.1, -0.05) is 0 Å². The molecule has 14 heteroatoms. The number of carbonyl (C=O) groups excluding carboxylic acids is 1. The number of guanidine groups is 4. The highest BCUT2D eigenvalue weighted by Crippen LogP contribution is 1.88. The monoisotopic (exact) mass is 511 g/mol. The largest absolute Gasteiger partial charge is 0.357 e. The van der Waals surface area contributed by atoms with Crippen LogP contribution in [0.5, 0.6) is 0 Å². The molecule has 0 heterocycles. The lowest BCUT2D eigenvalue weighted by molar-refractivity contribution is -0.117. The van der Waals surface area contributed by atoms with Crippen molar-refractivity contribution in [1.29, 1.82) is 21.6 Å². The molecule has 0 saturated heterocycles. The van der Waals surface area contributed by atoms with Crippen LogP contribution in [0.2, 0.25) is 0 Å². The van der Waals surface area contributed by atoms with E-state index >= 15 is 0 Å². The molecule has 0 rings (SSSR count). The average molecular weight is 512 g/mol. The lowest BCUT2D eigenvalue weighted by Crippen LogP contribution is -2.40. The third-order valence-electron chi connectivity index (χ3n) is 4.86. The molecule has 1 amide bonds. The molecule has 0 aliphatic heterocycles. The fraction of sp³-hybridized carbons (Fsp3) is 0.773. The van der Waals surface area contributed by atoms with Crippen LogP contribution in [-0.4, -0.2) is 82.1 Å². The summed E-state index contributed by atoms with van der Waals surface area (Å²) in [5, 5.41) is 54.3. The maximum Gasteiger partial charge on any atom is 0.223 e. The molecule has 0 aromatic heterocycles. The van der Waals surface area contributed by atoms with Gasteiger partial charge in [-0.05, 0) is 57.9 Å². The Balaban J connectivity index is 3.42. The summed E-state index contributed by atoms with van der Waals surface area (Å²) in [6, 6.07) is 0. The minimum absolute atomic E-state index is 0.00920. The number of hydrogen-bond acceptors (Lipinski definition) is 6. The summed E-state index contributed by atoms with van der Waals surface area (Å²) in [4.78, 5) is 10.8. The number of hydrogen-bond donors (Lipinski definition) is 13. The fourth-order valence-electron chi connectivity index (χ4n) is 2.92. The van der Waals surface area contributed by atoms with Crippen molar-refractivity contribution in [3.63, 3.8) is 0 Å². The van der Waals surface area contributed by atoms with Crippen molar-refractivity contribution in [3.8, 4) is 0 Å². The summed E-state index contributed by atoms with van der Waals surface area (Å²) in [6.07, 6.45) is 7.20. The van der Waals surface area contributed by atoms with Crippen LogP contribution in [0.4, 0.5) is 0 Å². The van der Waals surface area contributed by atoms with Gasteiger partial charge in [0.05, 0.1) is 0 Å². The van der Waals surface area contributed by atoms with Gasteiger partial charge in [0, 0.05) is 52.7 Å². The summed E-state index contributed by atoms with van der Waals surface area (Å²) in [7, 11) is 0. The Bertz CT molecular complexity index is 641. The quantitative estimate of drug-likeness (QED) is 0.0581. The number of nitrogens with one attached hydrogen (secondary N) is 12. The Morgan fingerprint density at radius 1 is 0.500 bits per heavy atom. The summed E-state index contributed by atoms with van der Waals surface area (Å²) in [5.41, 5.74) is 5.44. The molecule has 208 valence electrons. The number of amides is 1. The lowest BCUT2D eigenvalue weighted by atomic mass is 10.3. The van der Waals surface area contributed by atoms with Crippen molar-refractivity contribution in [2.24, 2.45) is 5.73 Å².